The van der Waals surface area contributed by atoms with Crippen molar-refractivity contribution in [2.45, 2.75) is 19.9 Å². The smallest absolute Gasteiger partial charge is 0.256 e. The predicted molar refractivity (Wildman–Crippen MR) is 61.1 cm³/mol. The SMILES string of the molecule is CCCn1cc(C(=O)NCCOC)c(N)n1. The van der Waals surface area contributed by atoms with Crippen LogP contribution in [0.3, 0.4) is 0 Å². The average molecular weight is 226 g/mol. The lowest BCUT2D eigenvalue weighted by Crippen LogP contribution is -2.27. The van der Waals surface area contributed by atoms with Crippen molar-refractivity contribution in [3.05, 3.63) is 11.8 Å². The number of nitrogens with one attached hydrogen (secondary N) is 1. The van der Waals surface area contributed by atoms with Crippen LogP contribution in [0, 0.1) is 0 Å². The zero-order valence-corrected chi connectivity index (χ0v) is 9.69. The Bertz CT molecular complexity index is 349. The molecule has 0 atom stereocenters. The molecular weight excluding hydrogens is 208 g/mol. The van der Waals surface area contributed by atoms with E-state index in [1.807, 2.05) is 6.92 Å². The van der Waals surface area contributed by atoms with Crippen molar-refractivity contribution in [1.82, 2.24) is 15.1 Å². The Balaban J connectivity index is 2.60. The highest BCUT2D eigenvalue weighted by molar-refractivity contribution is 5.98. The Morgan fingerprint density at radius 2 is 2.44 bits per heavy atom. The van der Waals surface area contributed by atoms with Crippen molar-refractivity contribution in [2.24, 2.45) is 0 Å². The summed E-state index contributed by atoms with van der Waals surface area (Å²) in [5, 5.41) is 6.75. The number of methoxy groups -OCH3 is 1. The van der Waals surface area contributed by atoms with E-state index in [4.69, 9.17) is 10.5 Å². The number of anilines is 1. The molecule has 1 amide bonds. The lowest BCUT2D eigenvalue weighted by Gasteiger charge is -2.02. The fraction of sp³-hybridized carbons (Fsp3) is 0.600. The molecule has 3 N–H and O–H groups in total. The van der Waals surface area contributed by atoms with Crippen LogP contribution in [0.5, 0.6) is 0 Å². The third-order valence-electron chi connectivity index (χ3n) is 2.08. The molecule has 0 saturated heterocycles. The van der Waals surface area contributed by atoms with Gasteiger partial charge < -0.3 is 15.8 Å². The monoisotopic (exact) mass is 226 g/mol. The lowest BCUT2D eigenvalue weighted by molar-refractivity contribution is 0.0938. The minimum absolute atomic E-state index is 0.211. The first-order valence-corrected chi connectivity index (χ1v) is 5.29. The maximum Gasteiger partial charge on any atom is 0.256 e. The second-order valence-electron chi connectivity index (χ2n) is 3.44. The average Bonchev–Trinajstić information content (AvgIpc) is 2.60. The highest BCUT2D eigenvalue weighted by Gasteiger charge is 2.13. The Kier molecular flexibility index (Phi) is 4.78. The van der Waals surface area contributed by atoms with Gasteiger partial charge in [-0.1, -0.05) is 6.92 Å². The van der Waals surface area contributed by atoms with Gasteiger partial charge in [0.05, 0.1) is 6.61 Å². The number of nitrogens with zero attached hydrogens (tertiary/aromatic N) is 2. The van der Waals surface area contributed by atoms with Crippen LogP contribution in [0.4, 0.5) is 5.82 Å². The lowest BCUT2D eigenvalue weighted by atomic mass is 10.3. The minimum Gasteiger partial charge on any atom is -0.383 e. The van der Waals surface area contributed by atoms with E-state index in [2.05, 4.69) is 10.4 Å². The minimum atomic E-state index is -0.211. The highest BCUT2D eigenvalue weighted by atomic mass is 16.5. The molecule has 0 aliphatic carbocycles. The normalized spacial score (nSPS) is 10.4. The molecule has 1 heterocycles. The fourth-order valence-corrected chi connectivity index (χ4v) is 1.32. The van der Waals surface area contributed by atoms with Crippen LogP contribution in [0.15, 0.2) is 6.20 Å². The largest absolute Gasteiger partial charge is 0.383 e. The fourth-order valence-electron chi connectivity index (χ4n) is 1.32. The van der Waals surface area contributed by atoms with E-state index in [0.717, 1.165) is 13.0 Å². The van der Waals surface area contributed by atoms with Crippen molar-refractivity contribution in [3.63, 3.8) is 0 Å². The van der Waals surface area contributed by atoms with Crippen LogP contribution in [0.2, 0.25) is 0 Å². The van der Waals surface area contributed by atoms with Crippen molar-refractivity contribution in [3.8, 4) is 0 Å². The topological polar surface area (TPSA) is 82.2 Å². The first kappa shape index (κ1) is 12.5. The Morgan fingerprint density at radius 1 is 1.69 bits per heavy atom. The molecular formula is C10H18N4O2. The van der Waals surface area contributed by atoms with Crippen molar-refractivity contribution in [1.29, 1.82) is 0 Å². The van der Waals surface area contributed by atoms with Gasteiger partial charge in [0.2, 0.25) is 0 Å². The first-order chi connectivity index (χ1) is 7.69. The van der Waals surface area contributed by atoms with Gasteiger partial charge >= 0.3 is 0 Å². The molecule has 0 bridgehead atoms. The van der Waals surface area contributed by atoms with Crippen molar-refractivity contribution < 1.29 is 9.53 Å². The van der Waals surface area contributed by atoms with Crippen LogP contribution in [0.1, 0.15) is 23.7 Å². The van der Waals surface area contributed by atoms with Gasteiger partial charge in [0.25, 0.3) is 5.91 Å². The van der Waals surface area contributed by atoms with Gasteiger partial charge in [-0.05, 0) is 6.42 Å². The molecule has 0 unspecified atom stereocenters. The summed E-state index contributed by atoms with van der Waals surface area (Å²) in [4.78, 5) is 11.7. The molecule has 0 fully saturated rings. The summed E-state index contributed by atoms with van der Waals surface area (Å²) in [6.07, 6.45) is 2.62. The van der Waals surface area contributed by atoms with E-state index in [1.165, 1.54) is 0 Å². The molecule has 0 aliphatic heterocycles. The summed E-state index contributed by atoms with van der Waals surface area (Å²) in [5.74, 6) is 0.0558. The number of nitrogen functional groups attached to an aromatic ring is 1. The van der Waals surface area contributed by atoms with Crippen molar-refractivity contribution in [2.75, 3.05) is 26.0 Å². The third-order valence-corrected chi connectivity index (χ3v) is 2.08. The van der Waals surface area contributed by atoms with Gasteiger partial charge in [-0.2, -0.15) is 5.10 Å². The van der Waals surface area contributed by atoms with E-state index in [9.17, 15) is 4.79 Å². The zero-order valence-electron chi connectivity index (χ0n) is 9.69. The second kappa shape index (κ2) is 6.12. The van der Waals surface area contributed by atoms with E-state index in [0.29, 0.717) is 18.7 Å². The van der Waals surface area contributed by atoms with E-state index >= 15 is 0 Å². The molecule has 1 aromatic rings. The number of ether oxygens (including phenoxy) is 1. The van der Waals surface area contributed by atoms with Gasteiger partial charge in [0.1, 0.15) is 5.56 Å². The van der Waals surface area contributed by atoms with E-state index < -0.39 is 0 Å². The van der Waals surface area contributed by atoms with Crippen LogP contribution < -0.4 is 11.1 Å². The Labute approximate surface area is 94.8 Å². The molecule has 1 rings (SSSR count). The predicted octanol–water partition coefficient (Wildman–Crippen LogP) is 0.251. The molecule has 0 saturated carbocycles. The molecule has 6 nitrogen and oxygen atoms in total. The van der Waals surface area contributed by atoms with Gasteiger partial charge in [-0.3, -0.25) is 9.48 Å². The molecule has 0 spiro atoms. The molecule has 0 radical (unpaired) electrons. The quantitative estimate of drug-likeness (QED) is 0.681. The zero-order chi connectivity index (χ0) is 12.0. The summed E-state index contributed by atoms with van der Waals surface area (Å²) < 4.78 is 6.52. The van der Waals surface area contributed by atoms with E-state index in [-0.39, 0.29) is 11.7 Å². The van der Waals surface area contributed by atoms with Crippen molar-refractivity contribution >= 4 is 11.7 Å². The highest BCUT2D eigenvalue weighted by Crippen LogP contribution is 2.08. The number of carbonyl (C=O) groups excluding carboxylic acids is 1. The summed E-state index contributed by atoms with van der Waals surface area (Å²) in [7, 11) is 1.58. The summed E-state index contributed by atoms with van der Waals surface area (Å²) in [6.45, 7) is 3.74. The number of amides is 1. The summed E-state index contributed by atoms with van der Waals surface area (Å²) in [5.41, 5.74) is 6.07. The van der Waals surface area contributed by atoms with Crippen LogP contribution in [-0.2, 0) is 11.3 Å². The van der Waals surface area contributed by atoms with E-state index in [1.54, 1.807) is 18.0 Å². The Morgan fingerprint density at radius 3 is 3.06 bits per heavy atom. The third kappa shape index (κ3) is 3.23. The molecule has 16 heavy (non-hydrogen) atoms. The number of hydrogen-bond donors (Lipinski definition) is 2. The first-order valence-electron chi connectivity index (χ1n) is 5.29. The maximum atomic E-state index is 11.7. The summed E-state index contributed by atoms with van der Waals surface area (Å²) >= 11 is 0. The number of aromatic nitrogens is 2. The van der Waals surface area contributed by atoms with Gasteiger partial charge in [-0.15, -0.1) is 0 Å². The molecule has 0 aromatic carbocycles. The Hall–Kier alpha value is -1.56. The molecule has 6 heteroatoms. The molecule has 1 aromatic heterocycles. The molecule has 0 aliphatic rings. The molecule has 90 valence electrons. The summed E-state index contributed by atoms with van der Waals surface area (Å²) in [6, 6.07) is 0. The number of carbonyl (C=O) groups is 1. The standard InChI is InChI=1S/C10H18N4O2/c1-3-5-14-7-8(9(11)13-14)10(15)12-4-6-16-2/h7H,3-6H2,1-2H3,(H2,11,13)(H,12,15). The van der Waals surface area contributed by atoms with Gasteiger partial charge in [-0.25, -0.2) is 0 Å². The van der Waals surface area contributed by atoms with Crippen LogP contribution in [0.25, 0.3) is 0 Å². The van der Waals surface area contributed by atoms with Crippen LogP contribution in [-0.4, -0.2) is 35.9 Å². The van der Waals surface area contributed by atoms with Crippen LogP contribution >= 0.6 is 0 Å². The maximum absolute atomic E-state index is 11.7. The van der Waals surface area contributed by atoms with Gasteiger partial charge in [0.15, 0.2) is 5.82 Å². The number of hydrogen-bond acceptors (Lipinski definition) is 4. The second-order valence-corrected chi connectivity index (χ2v) is 3.44. The number of aryl methyl sites for hydroxylation is 1. The van der Waals surface area contributed by atoms with Gasteiger partial charge in [0, 0.05) is 26.4 Å². The number of rotatable bonds is 6. The number of nitrogens with two attached hydrogens (primary N) is 1.